The second-order valence-corrected chi connectivity index (χ2v) is 11.6. The molecule has 1 unspecified atom stereocenters. The highest BCUT2D eigenvalue weighted by atomic mass is 35.5. The van der Waals surface area contributed by atoms with E-state index in [1.165, 1.54) is 48.2 Å². The molecule has 0 aromatic heterocycles. The van der Waals surface area contributed by atoms with Crippen LogP contribution in [0.5, 0.6) is 0 Å². The Hall–Kier alpha value is -4.34. The van der Waals surface area contributed by atoms with Gasteiger partial charge in [0.2, 0.25) is 5.91 Å². The van der Waals surface area contributed by atoms with Gasteiger partial charge in [-0.25, -0.2) is 9.18 Å². The number of piperazine rings is 1. The zero-order valence-electron chi connectivity index (χ0n) is 24.6. The largest absolute Gasteiger partial charge is 0.478 e. The van der Waals surface area contributed by atoms with Gasteiger partial charge in [0.1, 0.15) is 11.9 Å². The summed E-state index contributed by atoms with van der Waals surface area (Å²) in [4.78, 5) is 57.3. The minimum Gasteiger partial charge on any atom is -0.478 e. The topological polar surface area (TPSA) is 98.2 Å². The molecule has 0 bridgehead atoms. The van der Waals surface area contributed by atoms with Crippen molar-refractivity contribution in [2.24, 2.45) is 0 Å². The lowest BCUT2D eigenvalue weighted by atomic mass is 9.86. The van der Waals surface area contributed by atoms with Crippen LogP contribution in [0.1, 0.15) is 55.9 Å². The molecule has 1 saturated heterocycles. The van der Waals surface area contributed by atoms with E-state index in [1.54, 1.807) is 12.1 Å². The van der Waals surface area contributed by atoms with Gasteiger partial charge in [0.15, 0.2) is 11.6 Å². The Labute approximate surface area is 260 Å². The maximum absolute atomic E-state index is 14.9. The van der Waals surface area contributed by atoms with Gasteiger partial charge in [0.05, 0.1) is 10.6 Å². The van der Waals surface area contributed by atoms with Crippen molar-refractivity contribution in [1.29, 1.82) is 0 Å². The van der Waals surface area contributed by atoms with Crippen molar-refractivity contribution in [2.45, 2.75) is 25.8 Å². The third kappa shape index (κ3) is 6.44. The van der Waals surface area contributed by atoms with Crippen LogP contribution in [0.2, 0.25) is 5.02 Å². The van der Waals surface area contributed by atoms with Crippen molar-refractivity contribution >= 4 is 46.8 Å². The maximum Gasteiger partial charge on any atom is 0.335 e. The van der Waals surface area contributed by atoms with E-state index in [0.29, 0.717) is 12.0 Å². The molecular formula is C34H33ClFN3O5. The van der Waals surface area contributed by atoms with E-state index in [1.807, 2.05) is 12.1 Å². The van der Waals surface area contributed by atoms with Crippen molar-refractivity contribution in [2.75, 3.05) is 44.7 Å². The van der Waals surface area contributed by atoms with Gasteiger partial charge in [-0.1, -0.05) is 35.9 Å². The molecule has 0 aliphatic carbocycles. The highest BCUT2D eigenvalue weighted by Crippen LogP contribution is 2.37. The third-order valence-electron chi connectivity index (χ3n) is 8.31. The molecule has 3 aromatic rings. The van der Waals surface area contributed by atoms with E-state index in [9.17, 15) is 28.7 Å². The Balaban J connectivity index is 1.51. The molecule has 228 valence electrons. The predicted octanol–water partition coefficient (Wildman–Crippen LogP) is 5.08. The molecule has 1 atom stereocenters. The summed E-state index contributed by atoms with van der Waals surface area (Å²) in [5, 5.41) is 9.08. The average Bonchev–Trinajstić information content (AvgIpc) is 3.01. The van der Waals surface area contributed by atoms with Gasteiger partial charge in [-0.2, -0.15) is 0 Å². The number of likely N-dealkylation sites (N-methyl/N-ethyl adjacent to an activating group) is 1. The lowest BCUT2D eigenvalue weighted by Crippen LogP contribution is -2.46. The Kier molecular flexibility index (Phi) is 9.27. The number of ketones is 2. The Bertz CT molecular complexity index is 1650. The van der Waals surface area contributed by atoms with Gasteiger partial charge in [-0.15, -0.1) is 0 Å². The summed E-state index contributed by atoms with van der Waals surface area (Å²) >= 11 is 5.97. The number of anilines is 1. The molecule has 2 heterocycles. The first-order valence-corrected chi connectivity index (χ1v) is 14.8. The highest BCUT2D eigenvalue weighted by molar-refractivity contribution is 6.31. The highest BCUT2D eigenvalue weighted by Gasteiger charge is 2.36. The summed E-state index contributed by atoms with van der Waals surface area (Å²) < 4.78 is 14.9. The summed E-state index contributed by atoms with van der Waals surface area (Å²) in [5.74, 6) is -2.98. The second kappa shape index (κ2) is 13.1. The molecule has 2 aliphatic heterocycles. The molecule has 1 amide bonds. The maximum atomic E-state index is 14.9. The number of benzene rings is 3. The van der Waals surface area contributed by atoms with Crippen LogP contribution < -0.4 is 4.90 Å². The fourth-order valence-corrected chi connectivity index (χ4v) is 6.09. The summed E-state index contributed by atoms with van der Waals surface area (Å²) in [7, 11) is 2.08. The smallest absolute Gasteiger partial charge is 0.335 e. The Morgan fingerprint density at radius 2 is 1.68 bits per heavy atom. The molecule has 44 heavy (non-hydrogen) atoms. The molecule has 0 saturated carbocycles. The lowest BCUT2D eigenvalue weighted by Gasteiger charge is -2.40. The van der Waals surface area contributed by atoms with Gasteiger partial charge < -0.3 is 19.8 Å². The van der Waals surface area contributed by atoms with Crippen LogP contribution in [0, 0.1) is 5.82 Å². The quantitative estimate of drug-likeness (QED) is 0.278. The number of carboxylic acid groups (broad SMARTS) is 1. The molecule has 5 rings (SSSR count). The van der Waals surface area contributed by atoms with Crippen molar-refractivity contribution in [1.82, 2.24) is 9.80 Å². The second-order valence-electron chi connectivity index (χ2n) is 11.2. The molecular weight excluding hydrogens is 585 g/mol. The summed E-state index contributed by atoms with van der Waals surface area (Å²) in [6, 6.07) is 13.7. The molecule has 0 spiro atoms. The summed E-state index contributed by atoms with van der Waals surface area (Å²) in [6.45, 7) is 5.07. The van der Waals surface area contributed by atoms with Gasteiger partial charge in [-0.3, -0.25) is 14.4 Å². The fraction of sp³-hybridized carbons (Fsp3) is 0.294. The number of halogens is 2. The van der Waals surface area contributed by atoms with Crippen LogP contribution in [-0.4, -0.2) is 78.1 Å². The van der Waals surface area contributed by atoms with Crippen molar-refractivity contribution in [3.8, 4) is 0 Å². The molecule has 1 N–H and O–H groups in total. The monoisotopic (exact) mass is 617 g/mol. The fourth-order valence-electron chi connectivity index (χ4n) is 5.93. The van der Waals surface area contributed by atoms with Crippen molar-refractivity contribution in [3.63, 3.8) is 0 Å². The van der Waals surface area contributed by atoms with Gasteiger partial charge >= 0.3 is 5.97 Å². The van der Waals surface area contributed by atoms with Gasteiger partial charge in [-0.05, 0) is 73.5 Å². The number of carboxylic acids is 1. The third-order valence-corrected chi connectivity index (χ3v) is 8.60. The van der Waals surface area contributed by atoms with Crippen LogP contribution in [0.4, 0.5) is 10.1 Å². The molecule has 2 aliphatic rings. The van der Waals surface area contributed by atoms with E-state index in [0.717, 1.165) is 43.0 Å². The number of rotatable bonds is 8. The van der Waals surface area contributed by atoms with E-state index < -0.39 is 23.7 Å². The minimum atomic E-state index is -1.06. The number of carbonyl (C=O) groups is 4. The molecule has 10 heteroatoms. The molecule has 1 fully saturated rings. The van der Waals surface area contributed by atoms with Crippen LogP contribution in [0.15, 0.2) is 60.7 Å². The van der Waals surface area contributed by atoms with Crippen LogP contribution in [0.25, 0.3) is 6.08 Å². The molecule has 8 nitrogen and oxygen atoms in total. The van der Waals surface area contributed by atoms with E-state index in [2.05, 4.69) is 22.9 Å². The average molecular weight is 618 g/mol. The van der Waals surface area contributed by atoms with Gasteiger partial charge in [0.25, 0.3) is 0 Å². The first-order chi connectivity index (χ1) is 21.0. The lowest BCUT2D eigenvalue weighted by molar-refractivity contribution is -0.136. The Morgan fingerprint density at radius 1 is 0.977 bits per heavy atom. The van der Waals surface area contributed by atoms with E-state index in [4.69, 9.17) is 11.6 Å². The van der Waals surface area contributed by atoms with Crippen LogP contribution >= 0.6 is 11.6 Å². The number of amides is 1. The number of hydrogen-bond donors (Lipinski definition) is 1. The van der Waals surface area contributed by atoms with Crippen LogP contribution in [-0.2, 0) is 22.4 Å². The number of carbonyl (C=O) groups excluding carboxylic acids is 3. The number of fused-ring (bicyclic) bond motifs is 1. The SMILES string of the molecule is CC(=O)c1ccc(Cl)c(F)c1/C=C/C(=O)N1CCc2c(cccc2N2CCN(C)CC2)C1C(=O)Cc1ccc(C(=O)O)cc1. The first-order valence-electron chi connectivity index (χ1n) is 14.4. The zero-order chi connectivity index (χ0) is 31.5. The van der Waals surface area contributed by atoms with Crippen molar-refractivity contribution in [3.05, 3.63) is 105 Å². The number of Topliss-reactive ketones (excluding diaryl/α,β-unsaturated/α-hetero) is 2. The summed E-state index contributed by atoms with van der Waals surface area (Å²) in [6.07, 6.45) is 2.92. The summed E-state index contributed by atoms with van der Waals surface area (Å²) in [5.41, 5.74) is 3.54. The van der Waals surface area contributed by atoms with Crippen molar-refractivity contribution < 1.29 is 28.7 Å². The number of hydrogen-bond acceptors (Lipinski definition) is 6. The first kappa shape index (κ1) is 31.1. The minimum absolute atomic E-state index is 0.0202. The Morgan fingerprint density at radius 3 is 2.34 bits per heavy atom. The normalized spacial score (nSPS) is 17.0. The zero-order valence-corrected chi connectivity index (χ0v) is 25.3. The van der Waals surface area contributed by atoms with E-state index in [-0.39, 0.29) is 46.2 Å². The predicted molar refractivity (Wildman–Crippen MR) is 167 cm³/mol. The molecule has 0 radical (unpaired) electrons. The van der Waals surface area contributed by atoms with E-state index >= 15 is 0 Å². The number of aromatic carboxylic acids is 1. The standard InChI is InChI=1S/C34H33ClFN3O5/c1-21(40)24-10-12-28(35)32(36)26(24)11-13-31(42)39-15-14-25-27(4-3-5-29(25)38-18-16-37(2)17-19-38)33(39)30(41)20-22-6-8-23(9-7-22)34(43)44/h3-13,33H,14-20H2,1-2H3,(H,43,44)/b13-11+. The van der Waals surface area contributed by atoms with Gasteiger partial charge in [0, 0.05) is 62.0 Å². The molecule has 3 aromatic carbocycles. The van der Waals surface area contributed by atoms with Crippen LogP contribution in [0.3, 0.4) is 0 Å². The number of nitrogens with zero attached hydrogens (tertiary/aromatic N) is 3.